The lowest BCUT2D eigenvalue weighted by molar-refractivity contribution is 0.174. The van der Waals surface area contributed by atoms with E-state index in [1.54, 1.807) is 7.11 Å². The third-order valence-corrected chi connectivity index (χ3v) is 5.61. The van der Waals surface area contributed by atoms with Crippen molar-refractivity contribution in [2.75, 3.05) is 19.2 Å². The molecule has 0 spiro atoms. The summed E-state index contributed by atoms with van der Waals surface area (Å²) in [5.41, 5.74) is 3.16. The Morgan fingerprint density at radius 2 is 1.63 bits per heavy atom. The molecule has 0 unspecified atom stereocenters. The van der Waals surface area contributed by atoms with Crippen molar-refractivity contribution < 1.29 is 14.2 Å². The molecule has 0 fully saturated rings. The SMILES string of the molecule is COc1ccc(CN(Cc2ccc3c(c2)OCO3)C(=S)Nc2ccc(Br)cc2)cc1. The van der Waals surface area contributed by atoms with Crippen LogP contribution in [-0.4, -0.2) is 23.9 Å². The van der Waals surface area contributed by atoms with Gasteiger partial charge in [0.25, 0.3) is 0 Å². The van der Waals surface area contributed by atoms with E-state index >= 15 is 0 Å². The van der Waals surface area contributed by atoms with Crippen molar-refractivity contribution in [2.24, 2.45) is 0 Å². The summed E-state index contributed by atoms with van der Waals surface area (Å²) in [6.45, 7) is 1.55. The van der Waals surface area contributed by atoms with Crippen LogP contribution in [0.3, 0.4) is 0 Å². The average Bonchev–Trinajstić information content (AvgIpc) is 3.23. The van der Waals surface area contributed by atoms with E-state index in [-0.39, 0.29) is 6.79 Å². The number of hydrogen-bond acceptors (Lipinski definition) is 4. The molecule has 0 saturated carbocycles. The number of anilines is 1. The largest absolute Gasteiger partial charge is 0.497 e. The summed E-state index contributed by atoms with van der Waals surface area (Å²) in [5.74, 6) is 2.37. The van der Waals surface area contributed by atoms with Gasteiger partial charge >= 0.3 is 0 Å². The van der Waals surface area contributed by atoms with Crippen molar-refractivity contribution in [2.45, 2.75) is 13.1 Å². The molecule has 154 valence electrons. The number of nitrogens with zero attached hydrogens (tertiary/aromatic N) is 1. The first-order valence-electron chi connectivity index (χ1n) is 9.44. The van der Waals surface area contributed by atoms with Crippen LogP contribution in [0.2, 0.25) is 0 Å². The van der Waals surface area contributed by atoms with Crippen LogP contribution in [0.4, 0.5) is 5.69 Å². The third-order valence-electron chi connectivity index (χ3n) is 4.73. The van der Waals surface area contributed by atoms with E-state index in [9.17, 15) is 0 Å². The fraction of sp³-hybridized carbons (Fsp3) is 0.174. The predicted octanol–water partition coefficient (Wildman–Crippen LogP) is 5.59. The molecule has 1 aliphatic heterocycles. The van der Waals surface area contributed by atoms with Crippen LogP contribution in [0.25, 0.3) is 0 Å². The second-order valence-corrected chi connectivity index (χ2v) is 8.13. The lowest BCUT2D eigenvalue weighted by Crippen LogP contribution is -2.33. The van der Waals surface area contributed by atoms with E-state index in [1.807, 2.05) is 66.7 Å². The van der Waals surface area contributed by atoms with E-state index in [0.29, 0.717) is 18.2 Å². The van der Waals surface area contributed by atoms with E-state index in [4.69, 9.17) is 26.4 Å². The standard InChI is InChI=1S/C23H21BrN2O3S/c1-27-20-9-2-16(3-10-20)13-26(23(30)25-19-7-5-18(24)6-8-19)14-17-4-11-21-22(12-17)29-15-28-21/h2-12H,13-15H2,1H3,(H,25,30). The number of halogens is 1. The summed E-state index contributed by atoms with van der Waals surface area (Å²) < 4.78 is 17.2. The predicted molar refractivity (Wildman–Crippen MR) is 125 cm³/mol. The van der Waals surface area contributed by atoms with Crippen LogP contribution in [0, 0.1) is 0 Å². The number of benzene rings is 3. The first-order valence-corrected chi connectivity index (χ1v) is 10.6. The summed E-state index contributed by atoms with van der Waals surface area (Å²) >= 11 is 9.22. The Morgan fingerprint density at radius 1 is 0.967 bits per heavy atom. The minimum Gasteiger partial charge on any atom is -0.497 e. The molecular formula is C23H21BrN2O3S. The Balaban J connectivity index is 1.54. The van der Waals surface area contributed by atoms with E-state index in [0.717, 1.165) is 38.5 Å². The van der Waals surface area contributed by atoms with Gasteiger partial charge in [-0.15, -0.1) is 0 Å². The minimum absolute atomic E-state index is 0.262. The molecule has 0 aliphatic carbocycles. The molecule has 0 atom stereocenters. The third kappa shape index (κ3) is 5.04. The number of thiocarbonyl (C=S) groups is 1. The molecule has 4 rings (SSSR count). The van der Waals surface area contributed by atoms with Gasteiger partial charge in [0.2, 0.25) is 6.79 Å². The Hall–Kier alpha value is -2.77. The van der Waals surface area contributed by atoms with Crippen molar-refractivity contribution in [1.82, 2.24) is 4.90 Å². The zero-order chi connectivity index (χ0) is 20.9. The van der Waals surface area contributed by atoms with E-state index in [2.05, 4.69) is 26.1 Å². The number of rotatable bonds is 6. The van der Waals surface area contributed by atoms with Gasteiger partial charge in [-0.05, 0) is 71.9 Å². The van der Waals surface area contributed by atoms with Crippen molar-refractivity contribution in [3.63, 3.8) is 0 Å². The quantitative estimate of drug-likeness (QED) is 0.460. The molecule has 0 amide bonds. The first-order chi connectivity index (χ1) is 14.6. The molecule has 1 aliphatic rings. The topological polar surface area (TPSA) is 43.0 Å². The average molecular weight is 485 g/mol. The number of ether oxygens (including phenoxy) is 3. The molecule has 0 bridgehead atoms. The van der Waals surface area contributed by atoms with Crippen LogP contribution >= 0.6 is 28.1 Å². The second kappa shape index (κ2) is 9.36. The zero-order valence-electron chi connectivity index (χ0n) is 16.4. The maximum Gasteiger partial charge on any atom is 0.231 e. The molecule has 3 aromatic rings. The van der Waals surface area contributed by atoms with Gasteiger partial charge in [-0.1, -0.05) is 34.1 Å². The summed E-state index contributed by atoms with van der Waals surface area (Å²) in [7, 11) is 1.66. The summed E-state index contributed by atoms with van der Waals surface area (Å²) in [5, 5.41) is 3.98. The van der Waals surface area contributed by atoms with Crippen molar-refractivity contribution in [3.05, 3.63) is 82.3 Å². The van der Waals surface area contributed by atoms with Crippen LogP contribution in [0.5, 0.6) is 17.2 Å². The molecule has 7 heteroatoms. The molecule has 30 heavy (non-hydrogen) atoms. The second-order valence-electron chi connectivity index (χ2n) is 6.83. The Bertz CT molecular complexity index is 1030. The molecule has 3 aromatic carbocycles. The Morgan fingerprint density at radius 3 is 2.37 bits per heavy atom. The summed E-state index contributed by atoms with van der Waals surface area (Å²) in [6.07, 6.45) is 0. The van der Waals surface area contributed by atoms with E-state index < -0.39 is 0 Å². The van der Waals surface area contributed by atoms with Gasteiger partial charge in [0.05, 0.1) is 7.11 Å². The molecule has 1 heterocycles. The first kappa shape index (κ1) is 20.5. The number of nitrogens with one attached hydrogen (secondary N) is 1. The van der Waals surface area contributed by atoms with Gasteiger partial charge in [-0.25, -0.2) is 0 Å². The van der Waals surface area contributed by atoms with Gasteiger partial charge in [0.15, 0.2) is 16.6 Å². The number of methoxy groups -OCH3 is 1. The minimum atomic E-state index is 0.262. The van der Waals surface area contributed by atoms with Crippen LogP contribution in [0.15, 0.2) is 71.2 Å². The highest BCUT2D eigenvalue weighted by Crippen LogP contribution is 2.33. The maximum absolute atomic E-state index is 5.76. The van der Waals surface area contributed by atoms with Gasteiger partial charge < -0.3 is 24.4 Å². The molecule has 0 saturated heterocycles. The smallest absolute Gasteiger partial charge is 0.231 e. The van der Waals surface area contributed by atoms with Crippen LogP contribution in [-0.2, 0) is 13.1 Å². The van der Waals surface area contributed by atoms with Crippen molar-refractivity contribution >= 4 is 38.9 Å². The lowest BCUT2D eigenvalue weighted by atomic mass is 10.1. The highest BCUT2D eigenvalue weighted by Gasteiger charge is 2.17. The normalized spacial score (nSPS) is 11.8. The van der Waals surface area contributed by atoms with Gasteiger partial charge in [0.1, 0.15) is 5.75 Å². The Kier molecular flexibility index (Phi) is 6.40. The van der Waals surface area contributed by atoms with Gasteiger partial charge in [-0.2, -0.15) is 0 Å². The molecule has 0 aromatic heterocycles. The number of hydrogen-bond donors (Lipinski definition) is 1. The fourth-order valence-corrected chi connectivity index (χ4v) is 3.66. The molecule has 0 radical (unpaired) electrons. The lowest BCUT2D eigenvalue weighted by Gasteiger charge is -2.26. The monoisotopic (exact) mass is 484 g/mol. The maximum atomic E-state index is 5.76. The molecular weight excluding hydrogens is 464 g/mol. The van der Waals surface area contributed by atoms with Crippen molar-refractivity contribution in [3.8, 4) is 17.2 Å². The van der Waals surface area contributed by atoms with Crippen LogP contribution in [0.1, 0.15) is 11.1 Å². The zero-order valence-corrected chi connectivity index (χ0v) is 18.8. The summed E-state index contributed by atoms with van der Waals surface area (Å²) in [4.78, 5) is 2.12. The number of fused-ring (bicyclic) bond motifs is 1. The van der Waals surface area contributed by atoms with E-state index in [1.165, 1.54) is 0 Å². The van der Waals surface area contributed by atoms with Crippen LogP contribution < -0.4 is 19.5 Å². The molecule has 1 N–H and O–H groups in total. The summed E-state index contributed by atoms with van der Waals surface area (Å²) in [6, 6.07) is 21.9. The highest BCUT2D eigenvalue weighted by molar-refractivity contribution is 9.10. The van der Waals surface area contributed by atoms with Gasteiger partial charge in [-0.3, -0.25) is 0 Å². The molecule has 5 nitrogen and oxygen atoms in total. The fourth-order valence-electron chi connectivity index (χ4n) is 3.15. The van der Waals surface area contributed by atoms with Gasteiger partial charge in [0, 0.05) is 23.2 Å². The highest BCUT2D eigenvalue weighted by atomic mass is 79.9. The van der Waals surface area contributed by atoms with Crippen molar-refractivity contribution in [1.29, 1.82) is 0 Å². The Labute approximate surface area is 189 Å².